The fourth-order valence-electron chi connectivity index (χ4n) is 3.09. The lowest BCUT2D eigenvalue weighted by Crippen LogP contribution is -2.33. The minimum atomic E-state index is -1.02. The van der Waals surface area contributed by atoms with Crippen LogP contribution >= 0.6 is 11.6 Å². The summed E-state index contributed by atoms with van der Waals surface area (Å²) >= 11 is 6.01. The van der Waals surface area contributed by atoms with Crippen LogP contribution in [0.4, 0.5) is 0 Å². The Hall–Kier alpha value is -1.42. The number of benzene rings is 1. The molecule has 2 N–H and O–H groups in total. The highest BCUT2D eigenvalue weighted by Gasteiger charge is 2.46. The summed E-state index contributed by atoms with van der Waals surface area (Å²) in [5.74, 6) is -0.889. The molecule has 19 heavy (non-hydrogen) atoms. The summed E-state index contributed by atoms with van der Waals surface area (Å²) in [5.41, 5.74) is 0.109. The molecule has 0 aliphatic heterocycles. The van der Waals surface area contributed by atoms with Gasteiger partial charge in [0.1, 0.15) is 0 Å². The maximum atomic E-state index is 11.7. The summed E-state index contributed by atoms with van der Waals surface area (Å²) in [7, 11) is 1.40. The Labute approximate surface area is 117 Å². The largest absolute Gasteiger partial charge is 0.504 e. The van der Waals surface area contributed by atoms with Crippen molar-refractivity contribution in [3.63, 3.8) is 0 Å². The van der Waals surface area contributed by atoms with Gasteiger partial charge in [-0.2, -0.15) is 0 Å². The first-order valence-corrected chi connectivity index (χ1v) is 6.62. The number of halogens is 1. The van der Waals surface area contributed by atoms with Gasteiger partial charge in [0.05, 0.1) is 17.5 Å². The number of carboxylic acids is 1. The zero-order valence-electron chi connectivity index (χ0n) is 11.0. The molecule has 0 bridgehead atoms. The Morgan fingerprint density at radius 3 is 2.47 bits per heavy atom. The topological polar surface area (TPSA) is 66.8 Å². The Bertz CT molecular complexity index is 519. The molecular formula is C14H17ClO4. The van der Waals surface area contributed by atoms with Crippen molar-refractivity contribution in [3.05, 3.63) is 22.2 Å². The lowest BCUT2D eigenvalue weighted by molar-refractivity contribution is -0.143. The van der Waals surface area contributed by atoms with Gasteiger partial charge < -0.3 is 14.9 Å². The van der Waals surface area contributed by atoms with Gasteiger partial charge in [-0.25, -0.2) is 0 Å². The first-order chi connectivity index (χ1) is 8.94. The predicted octanol–water partition coefficient (Wildman–Crippen LogP) is 3.26. The zero-order chi connectivity index (χ0) is 14.2. The van der Waals surface area contributed by atoms with E-state index in [0.717, 1.165) is 12.8 Å². The Balaban J connectivity index is 2.70. The second-order valence-corrected chi connectivity index (χ2v) is 5.43. The molecule has 0 atom stereocenters. The van der Waals surface area contributed by atoms with Gasteiger partial charge in [-0.1, -0.05) is 24.4 Å². The normalized spacial score (nSPS) is 17.4. The highest BCUT2D eigenvalue weighted by Crippen LogP contribution is 2.50. The van der Waals surface area contributed by atoms with E-state index in [1.54, 1.807) is 13.0 Å². The average Bonchev–Trinajstić information content (AvgIpc) is 2.79. The number of phenolic OH excluding ortho intramolecular Hbond substituents is 1. The van der Waals surface area contributed by atoms with E-state index in [4.69, 9.17) is 16.3 Å². The molecule has 1 saturated carbocycles. The molecule has 0 aromatic heterocycles. The minimum Gasteiger partial charge on any atom is -0.504 e. The molecular weight excluding hydrogens is 268 g/mol. The van der Waals surface area contributed by atoms with Gasteiger partial charge in [-0.05, 0) is 31.4 Å². The van der Waals surface area contributed by atoms with Gasteiger partial charge in [0, 0.05) is 5.56 Å². The van der Waals surface area contributed by atoms with Crippen molar-refractivity contribution in [2.24, 2.45) is 0 Å². The number of methoxy groups -OCH3 is 1. The second kappa shape index (κ2) is 4.93. The number of carboxylic acid groups (broad SMARTS) is 1. The summed E-state index contributed by atoms with van der Waals surface area (Å²) in [6.45, 7) is 1.77. The van der Waals surface area contributed by atoms with E-state index in [9.17, 15) is 15.0 Å². The second-order valence-electron chi connectivity index (χ2n) is 5.03. The number of phenols is 1. The number of ether oxygens (including phenoxy) is 1. The Morgan fingerprint density at radius 2 is 2.00 bits per heavy atom. The first kappa shape index (κ1) is 14.0. The predicted molar refractivity (Wildman–Crippen MR) is 72.2 cm³/mol. The molecule has 0 radical (unpaired) electrons. The van der Waals surface area contributed by atoms with Crippen molar-refractivity contribution in [1.82, 2.24) is 0 Å². The van der Waals surface area contributed by atoms with Crippen LogP contribution in [0.3, 0.4) is 0 Å². The number of aliphatic carboxylic acids is 1. The molecule has 0 amide bonds. The molecule has 104 valence electrons. The van der Waals surface area contributed by atoms with E-state index in [2.05, 4.69) is 0 Å². The summed E-state index contributed by atoms with van der Waals surface area (Å²) in [6.07, 6.45) is 2.75. The average molecular weight is 285 g/mol. The summed E-state index contributed by atoms with van der Waals surface area (Å²) < 4.78 is 5.08. The number of hydrogen-bond donors (Lipinski definition) is 2. The number of aryl methyl sites for hydroxylation is 1. The molecule has 0 heterocycles. The molecule has 1 aromatic carbocycles. The lowest BCUT2D eigenvalue weighted by Gasteiger charge is -2.28. The van der Waals surface area contributed by atoms with E-state index in [1.165, 1.54) is 7.11 Å². The van der Waals surface area contributed by atoms with E-state index >= 15 is 0 Å². The molecule has 1 aliphatic rings. The van der Waals surface area contributed by atoms with Gasteiger partial charge in [0.25, 0.3) is 0 Å². The van der Waals surface area contributed by atoms with Gasteiger partial charge in [0.15, 0.2) is 11.5 Å². The molecule has 0 saturated heterocycles. The van der Waals surface area contributed by atoms with Gasteiger partial charge in [-0.15, -0.1) is 0 Å². The van der Waals surface area contributed by atoms with Crippen LogP contribution in [0.15, 0.2) is 6.07 Å². The minimum absolute atomic E-state index is 0.142. The van der Waals surface area contributed by atoms with Crippen LogP contribution < -0.4 is 4.74 Å². The monoisotopic (exact) mass is 284 g/mol. The third-order valence-corrected chi connectivity index (χ3v) is 4.24. The quantitative estimate of drug-likeness (QED) is 0.894. The molecule has 2 rings (SSSR count). The summed E-state index contributed by atoms with van der Waals surface area (Å²) in [5, 5.41) is 20.3. The van der Waals surface area contributed by atoms with Crippen LogP contribution in [0.5, 0.6) is 11.5 Å². The fraction of sp³-hybridized carbons (Fsp3) is 0.500. The van der Waals surface area contributed by atoms with Crippen LogP contribution in [0.2, 0.25) is 5.02 Å². The zero-order valence-corrected chi connectivity index (χ0v) is 11.8. The van der Waals surface area contributed by atoms with E-state index in [0.29, 0.717) is 29.0 Å². The number of hydrogen-bond acceptors (Lipinski definition) is 3. The maximum absolute atomic E-state index is 11.7. The molecule has 1 fully saturated rings. The van der Waals surface area contributed by atoms with Crippen LogP contribution in [-0.2, 0) is 10.2 Å². The smallest absolute Gasteiger partial charge is 0.314 e. The SMILES string of the molecule is COc1c(Cl)cc(C)c(C2(C(=O)O)CCCC2)c1O. The highest BCUT2D eigenvalue weighted by atomic mass is 35.5. The fourth-order valence-corrected chi connectivity index (χ4v) is 3.42. The third kappa shape index (κ3) is 2.04. The van der Waals surface area contributed by atoms with Crippen molar-refractivity contribution >= 4 is 17.6 Å². The maximum Gasteiger partial charge on any atom is 0.314 e. The van der Waals surface area contributed by atoms with Crippen molar-refractivity contribution in [3.8, 4) is 11.5 Å². The van der Waals surface area contributed by atoms with E-state index in [-0.39, 0.29) is 11.5 Å². The molecule has 0 unspecified atom stereocenters. The molecule has 1 aliphatic carbocycles. The third-order valence-electron chi connectivity index (χ3n) is 3.96. The van der Waals surface area contributed by atoms with Crippen LogP contribution in [0.25, 0.3) is 0 Å². The lowest BCUT2D eigenvalue weighted by atomic mass is 9.76. The molecule has 1 aromatic rings. The van der Waals surface area contributed by atoms with Crippen LogP contribution in [0.1, 0.15) is 36.8 Å². The van der Waals surface area contributed by atoms with Gasteiger partial charge in [0.2, 0.25) is 0 Å². The van der Waals surface area contributed by atoms with Crippen molar-refractivity contribution in [1.29, 1.82) is 0 Å². The summed E-state index contributed by atoms with van der Waals surface area (Å²) in [6, 6.07) is 1.65. The first-order valence-electron chi connectivity index (χ1n) is 6.24. The Kier molecular flexibility index (Phi) is 3.63. The van der Waals surface area contributed by atoms with Gasteiger partial charge in [-0.3, -0.25) is 4.79 Å². The number of aromatic hydroxyl groups is 1. The van der Waals surface area contributed by atoms with Crippen molar-refractivity contribution in [2.75, 3.05) is 7.11 Å². The summed E-state index contributed by atoms with van der Waals surface area (Å²) in [4.78, 5) is 11.7. The standard InChI is InChI=1S/C14H17ClO4/c1-8-7-9(15)12(19-2)11(16)10(8)14(13(17)18)5-3-4-6-14/h7,16H,3-6H2,1-2H3,(H,17,18). The van der Waals surface area contributed by atoms with Crippen molar-refractivity contribution in [2.45, 2.75) is 38.0 Å². The van der Waals surface area contributed by atoms with E-state index < -0.39 is 11.4 Å². The van der Waals surface area contributed by atoms with Crippen LogP contribution in [-0.4, -0.2) is 23.3 Å². The van der Waals surface area contributed by atoms with Crippen molar-refractivity contribution < 1.29 is 19.7 Å². The van der Waals surface area contributed by atoms with Gasteiger partial charge >= 0.3 is 5.97 Å². The number of rotatable bonds is 3. The molecule has 4 nitrogen and oxygen atoms in total. The molecule has 0 spiro atoms. The highest BCUT2D eigenvalue weighted by molar-refractivity contribution is 6.32. The van der Waals surface area contributed by atoms with E-state index in [1.807, 2.05) is 0 Å². The number of carbonyl (C=O) groups is 1. The Morgan fingerprint density at radius 1 is 1.42 bits per heavy atom. The van der Waals surface area contributed by atoms with Crippen LogP contribution in [0, 0.1) is 6.92 Å². The molecule has 5 heteroatoms.